The Bertz CT molecular complexity index is 398. The number of carbonyl (C=O) groups is 1. The molecule has 1 aromatic carbocycles. The summed E-state index contributed by atoms with van der Waals surface area (Å²) in [6.07, 6.45) is 1.90. The van der Waals surface area contributed by atoms with Gasteiger partial charge in [-0.15, -0.1) is 0 Å². The number of para-hydroxylation sites is 1. The molecule has 1 aromatic rings. The van der Waals surface area contributed by atoms with Crippen LogP contribution < -0.4 is 11.5 Å². The highest BCUT2D eigenvalue weighted by molar-refractivity contribution is 5.98. The van der Waals surface area contributed by atoms with Crippen molar-refractivity contribution >= 4 is 11.6 Å². The van der Waals surface area contributed by atoms with Gasteiger partial charge in [0.2, 0.25) is 0 Å². The van der Waals surface area contributed by atoms with E-state index in [4.69, 9.17) is 16.2 Å². The van der Waals surface area contributed by atoms with Gasteiger partial charge in [-0.1, -0.05) is 12.1 Å². The van der Waals surface area contributed by atoms with E-state index in [0.29, 0.717) is 17.2 Å². The van der Waals surface area contributed by atoms with Crippen molar-refractivity contribution in [3.05, 3.63) is 29.3 Å². The maximum Gasteiger partial charge on any atom is 0.250 e. The van der Waals surface area contributed by atoms with Crippen LogP contribution in [0.3, 0.4) is 0 Å². The van der Waals surface area contributed by atoms with Crippen molar-refractivity contribution in [1.82, 2.24) is 0 Å². The maximum absolute atomic E-state index is 11.2. The lowest BCUT2D eigenvalue weighted by atomic mass is 9.89. The molecule has 0 atom stereocenters. The number of ether oxygens (including phenoxy) is 1. The highest BCUT2D eigenvalue weighted by Gasteiger charge is 2.20. The zero-order chi connectivity index (χ0) is 11.5. The van der Waals surface area contributed by atoms with Crippen LogP contribution in [0, 0.1) is 0 Å². The van der Waals surface area contributed by atoms with Crippen LogP contribution in [0.4, 0.5) is 5.69 Å². The van der Waals surface area contributed by atoms with Gasteiger partial charge < -0.3 is 16.2 Å². The van der Waals surface area contributed by atoms with Gasteiger partial charge >= 0.3 is 0 Å². The van der Waals surface area contributed by atoms with Crippen molar-refractivity contribution in [2.75, 3.05) is 18.9 Å². The Morgan fingerprint density at radius 3 is 2.62 bits per heavy atom. The van der Waals surface area contributed by atoms with Crippen molar-refractivity contribution < 1.29 is 9.53 Å². The van der Waals surface area contributed by atoms with E-state index in [1.807, 2.05) is 12.1 Å². The number of hydrogen-bond donors (Lipinski definition) is 2. The summed E-state index contributed by atoms with van der Waals surface area (Å²) < 4.78 is 5.31. The molecule has 0 aliphatic carbocycles. The quantitative estimate of drug-likeness (QED) is 0.736. The largest absolute Gasteiger partial charge is 0.398 e. The first-order valence-electron chi connectivity index (χ1n) is 5.46. The summed E-state index contributed by atoms with van der Waals surface area (Å²) in [7, 11) is 0. The van der Waals surface area contributed by atoms with Crippen LogP contribution in [0.25, 0.3) is 0 Å². The molecule has 0 aromatic heterocycles. The van der Waals surface area contributed by atoms with Crippen LogP contribution in [-0.4, -0.2) is 19.1 Å². The number of nitrogens with two attached hydrogens (primary N) is 2. The van der Waals surface area contributed by atoms with Crippen LogP contribution in [-0.2, 0) is 4.74 Å². The number of nitrogen functional groups attached to an aromatic ring is 1. The average molecular weight is 220 g/mol. The Morgan fingerprint density at radius 1 is 1.31 bits per heavy atom. The predicted molar refractivity (Wildman–Crippen MR) is 62.2 cm³/mol. The molecule has 0 bridgehead atoms. The molecule has 0 spiro atoms. The molecule has 0 saturated carbocycles. The van der Waals surface area contributed by atoms with Crippen molar-refractivity contribution in [3.8, 4) is 0 Å². The summed E-state index contributed by atoms with van der Waals surface area (Å²) >= 11 is 0. The normalized spacial score (nSPS) is 17.2. The van der Waals surface area contributed by atoms with Gasteiger partial charge in [-0.05, 0) is 30.4 Å². The fourth-order valence-electron chi connectivity index (χ4n) is 2.16. The molecule has 86 valence electrons. The first kappa shape index (κ1) is 11.0. The summed E-state index contributed by atoms with van der Waals surface area (Å²) in [4.78, 5) is 11.2. The summed E-state index contributed by atoms with van der Waals surface area (Å²) in [6.45, 7) is 1.51. The monoisotopic (exact) mass is 220 g/mol. The minimum absolute atomic E-state index is 0.382. The first-order valence-corrected chi connectivity index (χ1v) is 5.46. The number of anilines is 1. The van der Waals surface area contributed by atoms with Crippen LogP contribution in [0.1, 0.15) is 34.7 Å². The topological polar surface area (TPSA) is 78.3 Å². The molecule has 1 fully saturated rings. The van der Waals surface area contributed by atoms with Crippen LogP contribution in [0.5, 0.6) is 0 Å². The van der Waals surface area contributed by atoms with Crippen LogP contribution >= 0.6 is 0 Å². The Balaban J connectivity index is 2.33. The zero-order valence-corrected chi connectivity index (χ0v) is 9.11. The lowest BCUT2D eigenvalue weighted by Gasteiger charge is -2.24. The van der Waals surface area contributed by atoms with Gasteiger partial charge in [0.05, 0.1) is 5.56 Å². The maximum atomic E-state index is 11.2. The third kappa shape index (κ3) is 2.02. The smallest absolute Gasteiger partial charge is 0.250 e. The Hall–Kier alpha value is -1.55. The predicted octanol–water partition coefficient (Wildman–Crippen LogP) is 1.26. The molecular weight excluding hydrogens is 204 g/mol. The molecular formula is C12H16N2O2. The van der Waals surface area contributed by atoms with Gasteiger partial charge in [0.25, 0.3) is 5.91 Å². The number of hydrogen-bond acceptors (Lipinski definition) is 3. The van der Waals surface area contributed by atoms with Gasteiger partial charge in [-0.2, -0.15) is 0 Å². The highest BCUT2D eigenvalue weighted by atomic mass is 16.5. The van der Waals surface area contributed by atoms with Gasteiger partial charge in [0, 0.05) is 18.9 Å². The van der Waals surface area contributed by atoms with E-state index in [0.717, 1.165) is 31.6 Å². The lowest BCUT2D eigenvalue weighted by molar-refractivity contribution is 0.0854. The fourth-order valence-corrected chi connectivity index (χ4v) is 2.16. The summed E-state index contributed by atoms with van der Waals surface area (Å²) in [5.41, 5.74) is 13.2. The molecule has 4 nitrogen and oxygen atoms in total. The molecule has 4 heteroatoms. The average Bonchev–Trinajstić information content (AvgIpc) is 2.30. The fraction of sp³-hybridized carbons (Fsp3) is 0.417. The van der Waals surface area contributed by atoms with Crippen molar-refractivity contribution in [3.63, 3.8) is 0 Å². The van der Waals surface area contributed by atoms with E-state index < -0.39 is 5.91 Å². The van der Waals surface area contributed by atoms with E-state index in [9.17, 15) is 4.79 Å². The zero-order valence-electron chi connectivity index (χ0n) is 9.11. The second-order valence-corrected chi connectivity index (χ2v) is 4.06. The summed E-state index contributed by atoms with van der Waals surface area (Å²) in [5.74, 6) is -0.0838. The molecule has 1 amide bonds. The second-order valence-electron chi connectivity index (χ2n) is 4.06. The van der Waals surface area contributed by atoms with Gasteiger partial charge in [-0.25, -0.2) is 0 Å². The number of rotatable bonds is 2. The summed E-state index contributed by atoms with van der Waals surface area (Å²) in [6, 6.07) is 5.47. The Kier molecular flexibility index (Phi) is 3.10. The molecule has 2 rings (SSSR count). The van der Waals surface area contributed by atoms with Gasteiger partial charge in [0.15, 0.2) is 0 Å². The molecule has 4 N–H and O–H groups in total. The van der Waals surface area contributed by atoms with Crippen molar-refractivity contribution in [2.45, 2.75) is 18.8 Å². The van der Waals surface area contributed by atoms with Crippen LogP contribution in [0.15, 0.2) is 18.2 Å². The SMILES string of the molecule is NC(=O)c1cccc(C2CCOCC2)c1N. The van der Waals surface area contributed by atoms with Gasteiger partial charge in [-0.3, -0.25) is 4.79 Å². The standard InChI is InChI=1S/C12H16N2O2/c13-11-9(8-4-6-16-7-5-8)2-1-3-10(11)12(14)15/h1-3,8H,4-7,13H2,(H2,14,15). The minimum atomic E-state index is -0.466. The van der Waals surface area contributed by atoms with Crippen molar-refractivity contribution in [1.29, 1.82) is 0 Å². The van der Waals surface area contributed by atoms with E-state index in [-0.39, 0.29) is 0 Å². The van der Waals surface area contributed by atoms with Gasteiger partial charge in [0.1, 0.15) is 0 Å². The van der Waals surface area contributed by atoms with Crippen LogP contribution in [0.2, 0.25) is 0 Å². The van der Waals surface area contributed by atoms with E-state index in [2.05, 4.69) is 0 Å². The molecule has 1 saturated heterocycles. The van der Waals surface area contributed by atoms with Crippen molar-refractivity contribution in [2.24, 2.45) is 5.73 Å². The number of primary amides is 1. The molecule has 0 radical (unpaired) electrons. The molecule has 16 heavy (non-hydrogen) atoms. The lowest BCUT2D eigenvalue weighted by Crippen LogP contribution is -2.18. The Morgan fingerprint density at radius 2 is 2.00 bits per heavy atom. The molecule has 1 aliphatic heterocycles. The van der Waals surface area contributed by atoms with E-state index >= 15 is 0 Å². The second kappa shape index (κ2) is 4.53. The Labute approximate surface area is 94.6 Å². The number of benzene rings is 1. The highest BCUT2D eigenvalue weighted by Crippen LogP contribution is 2.32. The minimum Gasteiger partial charge on any atom is -0.398 e. The third-order valence-electron chi connectivity index (χ3n) is 3.07. The molecule has 1 heterocycles. The molecule has 0 unspecified atom stereocenters. The number of carbonyl (C=O) groups excluding carboxylic acids is 1. The van der Waals surface area contributed by atoms with E-state index in [1.165, 1.54) is 0 Å². The third-order valence-corrected chi connectivity index (χ3v) is 3.07. The first-order chi connectivity index (χ1) is 7.70. The molecule has 1 aliphatic rings. The summed E-state index contributed by atoms with van der Waals surface area (Å²) in [5, 5.41) is 0. The number of amides is 1. The van der Waals surface area contributed by atoms with E-state index in [1.54, 1.807) is 6.07 Å².